The summed E-state index contributed by atoms with van der Waals surface area (Å²) in [6.07, 6.45) is 3.60. The van der Waals surface area contributed by atoms with Crippen molar-refractivity contribution in [3.8, 4) is 5.75 Å². The smallest absolute Gasteiger partial charge is 0.244 e. The molecule has 1 amide bonds. The van der Waals surface area contributed by atoms with Crippen molar-refractivity contribution in [2.45, 2.75) is 30.7 Å². The molecule has 2 aliphatic heterocycles. The standard InChI is InChI=1S/C21H27N3O7S2/c1-15-14-32(26,27)24(21(15)25)16-7-8-19(30-2)20(12-16)33(28,29)22-13-17(18-6-5-11-31-18)23-9-3-4-10-23/h5-8,11-12,15,17,22H,3-4,9-10,13-14H2,1-2H3. The lowest BCUT2D eigenvalue weighted by Crippen LogP contribution is -2.37. The zero-order chi connectivity index (χ0) is 23.8. The van der Waals surface area contributed by atoms with Gasteiger partial charge < -0.3 is 9.15 Å². The fourth-order valence-corrected chi connectivity index (χ4v) is 7.34. The molecule has 2 atom stereocenters. The average Bonchev–Trinajstić information content (AvgIpc) is 3.51. The van der Waals surface area contributed by atoms with E-state index in [9.17, 15) is 21.6 Å². The van der Waals surface area contributed by atoms with Gasteiger partial charge in [0.15, 0.2) is 0 Å². The normalized spacial score (nSPS) is 22.1. The molecule has 1 aromatic heterocycles. The fourth-order valence-electron chi connectivity index (χ4n) is 4.30. The number of ether oxygens (including phenoxy) is 1. The van der Waals surface area contributed by atoms with E-state index in [-0.39, 0.29) is 34.7 Å². The summed E-state index contributed by atoms with van der Waals surface area (Å²) < 4.78 is 65.6. The van der Waals surface area contributed by atoms with Gasteiger partial charge in [-0.2, -0.15) is 0 Å². The van der Waals surface area contributed by atoms with Crippen LogP contribution in [0.25, 0.3) is 0 Å². The van der Waals surface area contributed by atoms with Crippen molar-refractivity contribution in [2.24, 2.45) is 5.92 Å². The van der Waals surface area contributed by atoms with Crippen LogP contribution in [-0.4, -0.2) is 60.1 Å². The van der Waals surface area contributed by atoms with Crippen molar-refractivity contribution in [3.63, 3.8) is 0 Å². The number of sulfonamides is 2. The second kappa shape index (κ2) is 9.09. The lowest BCUT2D eigenvalue weighted by Gasteiger charge is -2.26. The third-order valence-electron chi connectivity index (χ3n) is 5.95. The van der Waals surface area contributed by atoms with Gasteiger partial charge in [-0.05, 0) is 56.3 Å². The Balaban J connectivity index is 1.64. The number of methoxy groups -OCH3 is 1. The monoisotopic (exact) mass is 497 g/mol. The maximum absolute atomic E-state index is 13.3. The average molecular weight is 498 g/mol. The molecule has 1 aromatic carbocycles. The predicted octanol–water partition coefficient (Wildman–Crippen LogP) is 1.72. The number of hydrogen-bond donors (Lipinski definition) is 1. The second-order valence-corrected chi connectivity index (χ2v) is 11.8. The Labute approximate surface area is 193 Å². The molecule has 2 saturated heterocycles. The van der Waals surface area contributed by atoms with E-state index in [0.717, 1.165) is 32.0 Å². The van der Waals surface area contributed by atoms with Crippen LogP contribution in [0.15, 0.2) is 45.9 Å². The zero-order valence-electron chi connectivity index (χ0n) is 18.4. The summed E-state index contributed by atoms with van der Waals surface area (Å²) in [6.45, 7) is 3.25. The van der Waals surface area contributed by atoms with Crippen molar-refractivity contribution >= 4 is 31.6 Å². The number of amides is 1. The fraction of sp³-hybridized carbons (Fsp3) is 0.476. The van der Waals surface area contributed by atoms with Gasteiger partial charge in [-0.25, -0.2) is 25.9 Å². The molecule has 2 unspecified atom stereocenters. The van der Waals surface area contributed by atoms with Gasteiger partial charge in [0.05, 0.1) is 36.8 Å². The first-order chi connectivity index (χ1) is 15.6. The van der Waals surface area contributed by atoms with E-state index in [4.69, 9.17) is 9.15 Å². The van der Waals surface area contributed by atoms with E-state index in [1.54, 1.807) is 12.3 Å². The molecule has 12 heteroatoms. The molecule has 2 fully saturated rings. The van der Waals surface area contributed by atoms with E-state index in [1.807, 2.05) is 6.07 Å². The van der Waals surface area contributed by atoms with Crippen LogP contribution < -0.4 is 13.8 Å². The van der Waals surface area contributed by atoms with Crippen molar-refractivity contribution in [3.05, 3.63) is 42.4 Å². The number of benzene rings is 1. The van der Waals surface area contributed by atoms with Gasteiger partial charge >= 0.3 is 0 Å². The number of furan rings is 1. The third kappa shape index (κ3) is 4.65. The lowest BCUT2D eigenvalue weighted by atomic mass is 10.2. The molecular weight excluding hydrogens is 470 g/mol. The van der Waals surface area contributed by atoms with Gasteiger partial charge in [-0.1, -0.05) is 6.92 Å². The zero-order valence-corrected chi connectivity index (χ0v) is 20.1. The van der Waals surface area contributed by atoms with E-state index >= 15 is 0 Å². The number of hydrogen-bond acceptors (Lipinski definition) is 8. The van der Waals surface area contributed by atoms with Gasteiger partial charge in [-0.15, -0.1) is 0 Å². The highest BCUT2D eigenvalue weighted by molar-refractivity contribution is 7.94. The summed E-state index contributed by atoms with van der Waals surface area (Å²) in [5.74, 6) is -0.922. The summed E-state index contributed by atoms with van der Waals surface area (Å²) in [5.41, 5.74) is -0.0346. The Hall–Kier alpha value is -2.41. The third-order valence-corrected chi connectivity index (χ3v) is 9.26. The Morgan fingerprint density at radius 1 is 1.24 bits per heavy atom. The second-order valence-electron chi connectivity index (χ2n) is 8.24. The van der Waals surface area contributed by atoms with Crippen LogP contribution in [-0.2, 0) is 24.8 Å². The minimum atomic E-state index is -4.12. The molecule has 10 nitrogen and oxygen atoms in total. The Morgan fingerprint density at radius 3 is 2.55 bits per heavy atom. The van der Waals surface area contributed by atoms with Gasteiger partial charge in [0.2, 0.25) is 26.0 Å². The van der Waals surface area contributed by atoms with Crippen LogP contribution in [0.2, 0.25) is 0 Å². The van der Waals surface area contributed by atoms with Gasteiger partial charge in [0.1, 0.15) is 16.4 Å². The number of rotatable bonds is 8. The number of likely N-dealkylation sites (tertiary alicyclic amines) is 1. The van der Waals surface area contributed by atoms with Crippen molar-refractivity contribution in [2.75, 3.05) is 36.8 Å². The highest BCUT2D eigenvalue weighted by atomic mass is 32.2. The molecule has 0 spiro atoms. The Bertz CT molecular complexity index is 1220. The molecule has 3 heterocycles. The van der Waals surface area contributed by atoms with Crippen molar-refractivity contribution in [1.29, 1.82) is 0 Å². The van der Waals surface area contributed by atoms with Crippen LogP contribution in [0.1, 0.15) is 31.6 Å². The van der Waals surface area contributed by atoms with Crippen LogP contribution in [0, 0.1) is 5.92 Å². The van der Waals surface area contributed by atoms with Crippen molar-refractivity contribution < 1.29 is 30.8 Å². The lowest BCUT2D eigenvalue weighted by molar-refractivity contribution is -0.119. The molecule has 0 aliphatic carbocycles. The van der Waals surface area contributed by atoms with E-state index < -0.39 is 31.9 Å². The summed E-state index contributed by atoms with van der Waals surface area (Å²) in [6, 6.07) is 7.15. The Kier molecular flexibility index (Phi) is 6.54. The molecule has 0 saturated carbocycles. The first-order valence-electron chi connectivity index (χ1n) is 10.7. The van der Waals surface area contributed by atoms with E-state index in [0.29, 0.717) is 10.1 Å². The minimum absolute atomic E-state index is 0.0346. The number of carbonyl (C=O) groups excluding carboxylic acids is 1. The van der Waals surface area contributed by atoms with Crippen LogP contribution in [0.4, 0.5) is 5.69 Å². The highest BCUT2D eigenvalue weighted by Gasteiger charge is 2.42. The molecule has 33 heavy (non-hydrogen) atoms. The summed E-state index contributed by atoms with van der Waals surface area (Å²) in [4.78, 5) is 14.4. The van der Waals surface area contributed by atoms with E-state index in [2.05, 4.69) is 9.62 Å². The molecule has 0 radical (unpaired) electrons. The SMILES string of the molecule is COc1ccc(N2C(=O)C(C)CS2(=O)=O)cc1S(=O)(=O)NCC(c1ccco1)N1CCCC1. The summed E-state index contributed by atoms with van der Waals surface area (Å²) >= 11 is 0. The highest BCUT2D eigenvalue weighted by Crippen LogP contribution is 2.34. The maximum Gasteiger partial charge on any atom is 0.244 e. The molecule has 4 rings (SSSR count). The van der Waals surface area contributed by atoms with E-state index in [1.165, 1.54) is 26.2 Å². The van der Waals surface area contributed by atoms with Crippen LogP contribution in [0.3, 0.4) is 0 Å². The molecular formula is C21H27N3O7S2. The number of nitrogens with zero attached hydrogens (tertiary/aromatic N) is 2. The number of carbonyl (C=O) groups is 1. The molecule has 1 N–H and O–H groups in total. The van der Waals surface area contributed by atoms with Gasteiger partial charge in [0, 0.05) is 6.54 Å². The largest absolute Gasteiger partial charge is 0.495 e. The topological polar surface area (TPSA) is 126 Å². The quantitative estimate of drug-likeness (QED) is 0.584. The molecule has 0 bridgehead atoms. The van der Waals surface area contributed by atoms with Gasteiger partial charge in [0.25, 0.3) is 0 Å². The summed E-state index contributed by atoms with van der Waals surface area (Å²) in [7, 11) is -6.67. The predicted molar refractivity (Wildman–Crippen MR) is 121 cm³/mol. The molecule has 180 valence electrons. The van der Waals surface area contributed by atoms with Crippen molar-refractivity contribution in [1.82, 2.24) is 9.62 Å². The first-order valence-corrected chi connectivity index (χ1v) is 13.8. The maximum atomic E-state index is 13.3. The minimum Gasteiger partial charge on any atom is -0.495 e. The number of anilines is 1. The molecule has 2 aliphatic rings. The molecule has 2 aromatic rings. The number of nitrogens with one attached hydrogen (secondary N) is 1. The van der Waals surface area contributed by atoms with Crippen LogP contribution >= 0.6 is 0 Å². The van der Waals surface area contributed by atoms with Gasteiger partial charge in [-0.3, -0.25) is 9.69 Å². The first kappa shape index (κ1) is 23.7. The van der Waals surface area contributed by atoms with Crippen LogP contribution in [0.5, 0.6) is 5.75 Å². The summed E-state index contributed by atoms with van der Waals surface area (Å²) in [5, 5.41) is 0. The Morgan fingerprint density at radius 2 is 1.97 bits per heavy atom.